The molecule has 0 N–H and O–H groups in total. The van der Waals surface area contributed by atoms with Crippen LogP contribution in [0, 0.1) is 11.3 Å². The second-order valence-corrected chi connectivity index (χ2v) is 4.98. The van der Waals surface area contributed by atoms with E-state index in [0.29, 0.717) is 25.3 Å². The third-order valence-corrected chi connectivity index (χ3v) is 3.28. The van der Waals surface area contributed by atoms with Crippen molar-refractivity contribution in [3.63, 3.8) is 0 Å². The van der Waals surface area contributed by atoms with Crippen molar-refractivity contribution in [3.05, 3.63) is 29.6 Å². The molecular weight excluding hydrogens is 256 g/mol. The predicted octanol–water partition coefficient (Wildman–Crippen LogP) is 0.532. The van der Waals surface area contributed by atoms with Crippen LogP contribution in [0.3, 0.4) is 0 Å². The van der Waals surface area contributed by atoms with E-state index < -0.39 is 11.8 Å². The van der Waals surface area contributed by atoms with Gasteiger partial charge in [-0.2, -0.15) is 5.26 Å². The summed E-state index contributed by atoms with van der Waals surface area (Å²) in [6, 6.07) is 5.36. The average Bonchev–Trinajstić information content (AvgIpc) is 2.44. The van der Waals surface area contributed by atoms with Crippen molar-refractivity contribution in [1.29, 1.82) is 5.26 Å². The van der Waals surface area contributed by atoms with Crippen LogP contribution >= 0.6 is 0 Å². The van der Waals surface area contributed by atoms with Gasteiger partial charge in [-0.05, 0) is 31.5 Å². The molecule has 1 aliphatic rings. The highest BCUT2D eigenvalue weighted by atomic mass is 16.2. The summed E-state index contributed by atoms with van der Waals surface area (Å²) in [7, 11) is 0. The molecule has 0 aromatic carbocycles. The molecule has 0 aliphatic carbocycles. The minimum absolute atomic E-state index is 0.0275. The molecule has 0 spiro atoms. The third kappa shape index (κ3) is 2.77. The predicted molar refractivity (Wildman–Crippen MR) is 71.2 cm³/mol. The van der Waals surface area contributed by atoms with E-state index in [0.717, 1.165) is 5.56 Å². The maximum atomic E-state index is 12.1. The molecule has 0 unspecified atom stereocenters. The van der Waals surface area contributed by atoms with Crippen molar-refractivity contribution in [2.24, 2.45) is 0 Å². The van der Waals surface area contributed by atoms with E-state index in [4.69, 9.17) is 5.26 Å². The molecule has 104 valence electrons. The van der Waals surface area contributed by atoms with Crippen molar-refractivity contribution in [2.45, 2.75) is 26.4 Å². The number of nitrogens with zero attached hydrogens (tertiary/aromatic N) is 4. The van der Waals surface area contributed by atoms with Crippen molar-refractivity contribution in [1.82, 2.24) is 14.8 Å². The molecule has 0 atom stereocenters. The minimum Gasteiger partial charge on any atom is -0.330 e. The summed E-state index contributed by atoms with van der Waals surface area (Å²) in [4.78, 5) is 31.0. The van der Waals surface area contributed by atoms with E-state index in [2.05, 4.69) is 4.98 Å². The molecule has 0 saturated carbocycles. The molecule has 2 amide bonds. The van der Waals surface area contributed by atoms with Gasteiger partial charge in [0.15, 0.2) is 0 Å². The molecule has 6 heteroatoms. The lowest BCUT2D eigenvalue weighted by Gasteiger charge is -2.36. The van der Waals surface area contributed by atoms with Crippen LogP contribution < -0.4 is 0 Å². The van der Waals surface area contributed by atoms with Gasteiger partial charge in [0.1, 0.15) is 11.8 Å². The van der Waals surface area contributed by atoms with Gasteiger partial charge in [0, 0.05) is 31.9 Å². The normalized spacial score (nSPS) is 15.7. The average molecular weight is 272 g/mol. The number of carbonyl (C=O) groups is 2. The van der Waals surface area contributed by atoms with Crippen LogP contribution in [-0.2, 0) is 16.1 Å². The van der Waals surface area contributed by atoms with Gasteiger partial charge >= 0.3 is 11.8 Å². The van der Waals surface area contributed by atoms with Gasteiger partial charge in [-0.15, -0.1) is 0 Å². The number of hydrogen-bond acceptors (Lipinski definition) is 4. The zero-order valence-electron chi connectivity index (χ0n) is 11.5. The first-order valence-corrected chi connectivity index (χ1v) is 6.48. The standard InChI is InChI=1S/C14H16N4O2/c1-10(2)18-6-5-17(13(19)14(18)20)9-11-3-4-16-12(7-11)8-15/h3-4,7,10H,5-6,9H2,1-2H3. The Morgan fingerprint density at radius 2 is 2.10 bits per heavy atom. The van der Waals surface area contributed by atoms with Crippen molar-refractivity contribution >= 4 is 11.8 Å². The van der Waals surface area contributed by atoms with Crippen LogP contribution in [0.25, 0.3) is 0 Å². The SMILES string of the molecule is CC(C)N1CCN(Cc2ccnc(C#N)c2)C(=O)C1=O. The lowest BCUT2D eigenvalue weighted by Crippen LogP contribution is -2.55. The number of pyridine rings is 1. The molecule has 0 bridgehead atoms. The molecule has 2 rings (SSSR count). The number of aromatic nitrogens is 1. The van der Waals surface area contributed by atoms with Crippen LogP contribution in [0.2, 0.25) is 0 Å². The fraction of sp³-hybridized carbons (Fsp3) is 0.429. The molecule has 1 aromatic heterocycles. The molecule has 20 heavy (non-hydrogen) atoms. The van der Waals surface area contributed by atoms with Crippen LogP contribution in [-0.4, -0.2) is 45.7 Å². The van der Waals surface area contributed by atoms with Gasteiger partial charge in [0.25, 0.3) is 0 Å². The third-order valence-electron chi connectivity index (χ3n) is 3.28. The van der Waals surface area contributed by atoms with Crippen molar-refractivity contribution < 1.29 is 9.59 Å². The summed E-state index contributed by atoms with van der Waals surface area (Å²) < 4.78 is 0. The van der Waals surface area contributed by atoms with E-state index in [1.165, 1.54) is 11.1 Å². The maximum absolute atomic E-state index is 12.1. The van der Waals surface area contributed by atoms with Gasteiger partial charge in [0.05, 0.1) is 0 Å². The monoisotopic (exact) mass is 272 g/mol. The van der Waals surface area contributed by atoms with E-state index in [1.54, 1.807) is 17.0 Å². The summed E-state index contributed by atoms with van der Waals surface area (Å²) in [6.07, 6.45) is 1.53. The molecule has 1 aromatic rings. The second-order valence-electron chi connectivity index (χ2n) is 4.98. The summed E-state index contributed by atoms with van der Waals surface area (Å²) in [5.41, 5.74) is 1.11. The Hall–Kier alpha value is -2.42. The number of carbonyl (C=O) groups excluding carboxylic acids is 2. The quantitative estimate of drug-likeness (QED) is 0.752. The Labute approximate surface area is 117 Å². The highest BCUT2D eigenvalue weighted by Gasteiger charge is 2.33. The van der Waals surface area contributed by atoms with Crippen molar-refractivity contribution in [3.8, 4) is 6.07 Å². The molecule has 0 radical (unpaired) electrons. The van der Waals surface area contributed by atoms with Gasteiger partial charge in [-0.25, -0.2) is 4.98 Å². The maximum Gasteiger partial charge on any atom is 0.312 e. The molecule has 1 fully saturated rings. The molecule has 1 aliphatic heterocycles. The van der Waals surface area contributed by atoms with E-state index in [1.807, 2.05) is 19.9 Å². The van der Waals surface area contributed by atoms with Gasteiger partial charge in [-0.1, -0.05) is 0 Å². The van der Waals surface area contributed by atoms with Gasteiger partial charge < -0.3 is 9.80 Å². The fourth-order valence-electron chi connectivity index (χ4n) is 2.19. The topological polar surface area (TPSA) is 77.3 Å². The summed E-state index contributed by atoms with van der Waals surface area (Å²) in [6.45, 7) is 5.16. The van der Waals surface area contributed by atoms with Crippen LogP contribution in [0.1, 0.15) is 25.1 Å². The minimum atomic E-state index is -0.486. The molecule has 6 nitrogen and oxygen atoms in total. The first-order chi connectivity index (χ1) is 9.52. The largest absolute Gasteiger partial charge is 0.330 e. The van der Waals surface area contributed by atoms with Crippen LogP contribution in [0.5, 0.6) is 0 Å². The Morgan fingerprint density at radius 3 is 2.75 bits per heavy atom. The number of amides is 2. The lowest BCUT2D eigenvalue weighted by atomic mass is 10.2. The molecule has 1 saturated heterocycles. The Kier molecular flexibility index (Phi) is 3.99. The zero-order chi connectivity index (χ0) is 14.7. The zero-order valence-corrected chi connectivity index (χ0v) is 11.5. The van der Waals surface area contributed by atoms with Gasteiger partial charge in [0.2, 0.25) is 0 Å². The Morgan fingerprint density at radius 1 is 1.35 bits per heavy atom. The summed E-state index contributed by atoms with van der Waals surface area (Å²) >= 11 is 0. The molecule has 2 heterocycles. The van der Waals surface area contributed by atoms with E-state index in [9.17, 15) is 9.59 Å². The lowest BCUT2D eigenvalue weighted by molar-refractivity contribution is -0.157. The Bertz CT molecular complexity index is 577. The summed E-state index contributed by atoms with van der Waals surface area (Å²) in [5, 5.41) is 8.80. The highest BCUT2D eigenvalue weighted by Crippen LogP contribution is 2.13. The van der Waals surface area contributed by atoms with Gasteiger partial charge in [-0.3, -0.25) is 9.59 Å². The summed E-state index contributed by atoms with van der Waals surface area (Å²) in [5.74, 6) is -0.943. The first kappa shape index (κ1) is 14.0. The Balaban J connectivity index is 2.10. The van der Waals surface area contributed by atoms with E-state index >= 15 is 0 Å². The highest BCUT2D eigenvalue weighted by molar-refractivity contribution is 6.35. The van der Waals surface area contributed by atoms with Crippen molar-refractivity contribution in [2.75, 3.05) is 13.1 Å². The van der Waals surface area contributed by atoms with E-state index in [-0.39, 0.29) is 6.04 Å². The number of hydrogen-bond donors (Lipinski definition) is 0. The number of piperazine rings is 1. The fourth-order valence-corrected chi connectivity index (χ4v) is 2.19. The van der Waals surface area contributed by atoms with Crippen LogP contribution in [0.4, 0.5) is 0 Å². The second kappa shape index (κ2) is 5.70. The van der Waals surface area contributed by atoms with Crippen LogP contribution in [0.15, 0.2) is 18.3 Å². The number of nitriles is 1. The number of rotatable bonds is 3. The molecular formula is C14H16N4O2. The smallest absolute Gasteiger partial charge is 0.312 e. The first-order valence-electron chi connectivity index (χ1n) is 6.48.